The van der Waals surface area contributed by atoms with Gasteiger partial charge in [0.05, 0.1) is 0 Å². The van der Waals surface area contributed by atoms with Crippen molar-refractivity contribution in [2.45, 2.75) is 0 Å². The van der Waals surface area contributed by atoms with Crippen molar-refractivity contribution < 1.29 is 4.57 Å². The molecule has 1 aromatic carbocycles. The summed E-state index contributed by atoms with van der Waals surface area (Å²) >= 11 is 0. The molecule has 1 nitrogen and oxygen atoms in total. The summed E-state index contributed by atoms with van der Waals surface area (Å²) in [6.07, 6.45) is 0. The van der Waals surface area contributed by atoms with E-state index in [1.165, 1.54) is 0 Å². The summed E-state index contributed by atoms with van der Waals surface area (Å²) in [6, 6.07) is 9.58. The lowest BCUT2D eigenvalue weighted by atomic mass is 10.2. The average molecular weight is 178 g/mol. The Morgan fingerprint density at radius 3 is 2.25 bits per heavy atom. The first kappa shape index (κ1) is 9.10. The Labute approximate surface area is 73.2 Å². The molecule has 0 aliphatic rings. The summed E-state index contributed by atoms with van der Waals surface area (Å²) in [6.45, 7) is 3.34. The van der Waals surface area contributed by atoms with Crippen LogP contribution in [0.25, 0.3) is 0 Å². The third-order valence-electron chi connectivity index (χ3n) is 1.24. The van der Waals surface area contributed by atoms with E-state index in [0.29, 0.717) is 0 Å². The van der Waals surface area contributed by atoms with Crippen LogP contribution < -0.4 is 0 Å². The van der Waals surface area contributed by atoms with Crippen LogP contribution in [0, 0.1) is 11.6 Å². The first-order chi connectivity index (χ1) is 5.58. The first-order valence-corrected chi connectivity index (χ1v) is 6.31. The molecule has 0 unspecified atom stereocenters. The highest BCUT2D eigenvalue weighted by atomic mass is 31.2. The minimum Gasteiger partial charge on any atom is -0.311 e. The summed E-state index contributed by atoms with van der Waals surface area (Å²) in [5.41, 5.74) is 3.66. The number of hydrogen-bond donors (Lipinski definition) is 0. The Hall–Kier alpha value is -0.990. The normalized spacial score (nSPS) is 10.2. The van der Waals surface area contributed by atoms with Gasteiger partial charge in [0.1, 0.15) is 7.14 Å². The summed E-state index contributed by atoms with van der Waals surface area (Å²) in [4.78, 5) is 0. The lowest BCUT2D eigenvalue weighted by Crippen LogP contribution is -1.71. The fraction of sp³-hybridized carbons (Fsp3) is 0.200. The highest BCUT2D eigenvalue weighted by molar-refractivity contribution is 7.67. The van der Waals surface area contributed by atoms with Crippen LogP contribution in [-0.2, 0) is 4.57 Å². The second-order valence-corrected chi connectivity index (χ2v) is 5.88. The maximum absolute atomic E-state index is 11.2. The third-order valence-corrected chi connectivity index (χ3v) is 1.89. The van der Waals surface area contributed by atoms with Crippen molar-refractivity contribution in [1.82, 2.24) is 0 Å². The molecule has 0 heterocycles. The van der Waals surface area contributed by atoms with Gasteiger partial charge in [-0.2, -0.15) is 0 Å². The molecule has 0 aliphatic heterocycles. The molecule has 0 N–H and O–H groups in total. The SMILES string of the molecule is CP(C)(=O)C#Cc1ccccc1. The molecular weight excluding hydrogens is 167 g/mol. The smallest absolute Gasteiger partial charge is 0.149 e. The van der Waals surface area contributed by atoms with Gasteiger partial charge in [-0.25, -0.2) is 0 Å². The molecule has 2 heteroatoms. The van der Waals surface area contributed by atoms with E-state index in [-0.39, 0.29) is 0 Å². The lowest BCUT2D eigenvalue weighted by Gasteiger charge is -1.91. The molecule has 0 aromatic heterocycles. The van der Waals surface area contributed by atoms with E-state index < -0.39 is 7.14 Å². The zero-order valence-corrected chi connectivity index (χ0v) is 8.14. The minimum absolute atomic E-state index is 0.918. The van der Waals surface area contributed by atoms with E-state index in [2.05, 4.69) is 11.6 Å². The fourth-order valence-electron chi connectivity index (χ4n) is 0.721. The van der Waals surface area contributed by atoms with Gasteiger partial charge in [-0.1, -0.05) is 24.1 Å². The Balaban J connectivity index is 2.88. The van der Waals surface area contributed by atoms with Gasteiger partial charge in [0.2, 0.25) is 0 Å². The standard InChI is InChI=1S/C10H11OP/c1-12(2,11)9-8-10-6-4-3-5-7-10/h3-7H,1-2H3. The Morgan fingerprint density at radius 1 is 1.17 bits per heavy atom. The van der Waals surface area contributed by atoms with Gasteiger partial charge in [0.25, 0.3) is 0 Å². The van der Waals surface area contributed by atoms with Crippen LogP contribution in [0.3, 0.4) is 0 Å². The molecule has 0 aliphatic carbocycles. The van der Waals surface area contributed by atoms with Gasteiger partial charge in [0, 0.05) is 5.56 Å². The van der Waals surface area contributed by atoms with E-state index in [1.54, 1.807) is 13.3 Å². The maximum atomic E-state index is 11.2. The number of hydrogen-bond acceptors (Lipinski definition) is 1. The third kappa shape index (κ3) is 3.42. The van der Waals surface area contributed by atoms with Gasteiger partial charge in [0.15, 0.2) is 0 Å². The van der Waals surface area contributed by atoms with Crippen molar-refractivity contribution in [3.63, 3.8) is 0 Å². The van der Waals surface area contributed by atoms with Crippen LogP contribution >= 0.6 is 7.14 Å². The second kappa shape index (κ2) is 3.61. The highest BCUT2D eigenvalue weighted by Gasteiger charge is 1.98. The van der Waals surface area contributed by atoms with Gasteiger partial charge < -0.3 is 4.57 Å². The highest BCUT2D eigenvalue weighted by Crippen LogP contribution is 2.33. The molecule has 1 aromatic rings. The molecule has 0 radical (unpaired) electrons. The molecule has 0 saturated carbocycles. The van der Waals surface area contributed by atoms with E-state index in [1.807, 2.05) is 30.3 Å². The molecule has 0 spiro atoms. The van der Waals surface area contributed by atoms with Crippen LogP contribution in [0.5, 0.6) is 0 Å². The van der Waals surface area contributed by atoms with E-state index in [9.17, 15) is 4.57 Å². The van der Waals surface area contributed by atoms with Crippen molar-refractivity contribution in [2.75, 3.05) is 13.3 Å². The van der Waals surface area contributed by atoms with E-state index >= 15 is 0 Å². The average Bonchev–Trinajstić information content (AvgIpc) is 2.02. The van der Waals surface area contributed by atoms with Crippen molar-refractivity contribution in [1.29, 1.82) is 0 Å². The molecule has 0 atom stereocenters. The van der Waals surface area contributed by atoms with Crippen molar-refractivity contribution in [2.24, 2.45) is 0 Å². The van der Waals surface area contributed by atoms with Crippen molar-refractivity contribution in [3.05, 3.63) is 35.9 Å². The largest absolute Gasteiger partial charge is 0.311 e. The molecule has 0 bridgehead atoms. The molecule has 0 saturated heterocycles. The van der Waals surface area contributed by atoms with Crippen LogP contribution in [0.1, 0.15) is 5.56 Å². The van der Waals surface area contributed by atoms with Gasteiger partial charge in [-0.05, 0) is 31.1 Å². The summed E-state index contributed by atoms with van der Waals surface area (Å²) < 4.78 is 11.2. The van der Waals surface area contributed by atoms with Crippen LogP contribution in [-0.4, -0.2) is 13.3 Å². The Morgan fingerprint density at radius 2 is 1.75 bits per heavy atom. The zero-order chi connectivity index (χ0) is 9.03. The summed E-state index contributed by atoms with van der Waals surface area (Å²) in [5, 5.41) is 0. The molecule has 0 fully saturated rings. The van der Waals surface area contributed by atoms with Crippen molar-refractivity contribution in [3.8, 4) is 11.6 Å². The molecule has 0 amide bonds. The van der Waals surface area contributed by atoms with Gasteiger partial charge in [-0.3, -0.25) is 0 Å². The second-order valence-electron chi connectivity index (χ2n) is 2.95. The zero-order valence-electron chi connectivity index (χ0n) is 7.24. The predicted octanol–water partition coefficient (Wildman–Crippen LogP) is 2.62. The number of rotatable bonds is 0. The lowest BCUT2D eigenvalue weighted by molar-refractivity contribution is 0.589. The topological polar surface area (TPSA) is 17.1 Å². The fourth-order valence-corrected chi connectivity index (χ4v) is 1.12. The maximum Gasteiger partial charge on any atom is 0.149 e. The molecule has 12 heavy (non-hydrogen) atoms. The quantitative estimate of drug-likeness (QED) is 0.441. The van der Waals surface area contributed by atoms with E-state index in [4.69, 9.17) is 0 Å². The van der Waals surface area contributed by atoms with Crippen LogP contribution in [0.4, 0.5) is 0 Å². The number of benzene rings is 1. The monoisotopic (exact) mass is 178 g/mol. The minimum atomic E-state index is -2.19. The van der Waals surface area contributed by atoms with Crippen molar-refractivity contribution >= 4 is 7.14 Å². The molecule has 62 valence electrons. The summed E-state index contributed by atoms with van der Waals surface area (Å²) in [5.74, 6) is 2.87. The van der Waals surface area contributed by atoms with E-state index in [0.717, 1.165) is 5.56 Å². The van der Waals surface area contributed by atoms with Crippen LogP contribution in [0.2, 0.25) is 0 Å². The predicted molar refractivity (Wildman–Crippen MR) is 52.8 cm³/mol. The van der Waals surface area contributed by atoms with Gasteiger partial charge >= 0.3 is 0 Å². The molecular formula is C10H11OP. The molecule has 1 rings (SSSR count). The Bertz CT molecular complexity index is 350. The first-order valence-electron chi connectivity index (χ1n) is 3.71. The summed E-state index contributed by atoms with van der Waals surface area (Å²) in [7, 11) is -2.19. The van der Waals surface area contributed by atoms with Crippen LogP contribution in [0.15, 0.2) is 30.3 Å². The Kier molecular flexibility index (Phi) is 2.74. The van der Waals surface area contributed by atoms with Gasteiger partial charge in [-0.15, -0.1) is 0 Å².